The zero-order chi connectivity index (χ0) is 14.1. The standard InChI is InChI=1S/C11H18N2O4S/c1-7(2)8(3)18(16,17)6-10-9(11(14)15)5-12-13(10)4/h5,7-8H,6H2,1-4H3,(H,14,15). The number of sulfone groups is 1. The molecule has 6 nitrogen and oxygen atoms in total. The number of carbonyl (C=O) groups is 1. The smallest absolute Gasteiger partial charge is 0.339 e. The van der Waals surface area contributed by atoms with Crippen LogP contribution in [0.15, 0.2) is 6.20 Å². The summed E-state index contributed by atoms with van der Waals surface area (Å²) in [5.41, 5.74) is 0.159. The predicted molar refractivity (Wildman–Crippen MR) is 67.1 cm³/mol. The van der Waals surface area contributed by atoms with Crippen molar-refractivity contribution in [1.82, 2.24) is 9.78 Å². The first-order valence-electron chi connectivity index (χ1n) is 5.62. The topological polar surface area (TPSA) is 89.3 Å². The molecule has 18 heavy (non-hydrogen) atoms. The Bertz CT molecular complexity index is 545. The summed E-state index contributed by atoms with van der Waals surface area (Å²) in [5, 5.41) is 12.3. The van der Waals surface area contributed by atoms with E-state index in [1.807, 2.05) is 13.8 Å². The van der Waals surface area contributed by atoms with Crippen LogP contribution in [-0.4, -0.2) is 34.5 Å². The average Bonchev–Trinajstić information content (AvgIpc) is 2.58. The molecule has 0 spiro atoms. The van der Waals surface area contributed by atoms with E-state index >= 15 is 0 Å². The Morgan fingerprint density at radius 2 is 2.00 bits per heavy atom. The van der Waals surface area contributed by atoms with Crippen molar-refractivity contribution >= 4 is 15.8 Å². The molecule has 0 bridgehead atoms. The zero-order valence-corrected chi connectivity index (χ0v) is 11.7. The molecule has 0 fully saturated rings. The lowest BCUT2D eigenvalue weighted by Gasteiger charge is -2.16. The van der Waals surface area contributed by atoms with Crippen LogP contribution in [0.3, 0.4) is 0 Å². The van der Waals surface area contributed by atoms with Gasteiger partial charge in [0.15, 0.2) is 9.84 Å². The molecule has 0 aliphatic carbocycles. The summed E-state index contributed by atoms with van der Waals surface area (Å²) in [6, 6.07) is 0. The number of rotatable bonds is 5. The monoisotopic (exact) mass is 274 g/mol. The number of aryl methyl sites for hydroxylation is 1. The van der Waals surface area contributed by atoms with Gasteiger partial charge in [-0.2, -0.15) is 5.10 Å². The second-order valence-corrected chi connectivity index (χ2v) is 7.05. The first kappa shape index (κ1) is 14.7. The fourth-order valence-electron chi connectivity index (χ4n) is 1.55. The van der Waals surface area contributed by atoms with Crippen LogP contribution in [0.4, 0.5) is 0 Å². The maximum absolute atomic E-state index is 12.1. The van der Waals surface area contributed by atoms with Crippen molar-refractivity contribution in [2.24, 2.45) is 13.0 Å². The Morgan fingerprint density at radius 3 is 2.44 bits per heavy atom. The Balaban J connectivity index is 3.12. The minimum absolute atomic E-state index is 0.0171. The Morgan fingerprint density at radius 1 is 1.44 bits per heavy atom. The molecule has 0 radical (unpaired) electrons. The van der Waals surface area contributed by atoms with Gasteiger partial charge in [0.2, 0.25) is 0 Å². The van der Waals surface area contributed by atoms with E-state index in [2.05, 4.69) is 5.10 Å². The molecule has 7 heteroatoms. The molecule has 0 aliphatic heterocycles. The van der Waals surface area contributed by atoms with Crippen molar-refractivity contribution in [3.63, 3.8) is 0 Å². The normalized spacial score (nSPS) is 13.8. The SMILES string of the molecule is CC(C)C(C)S(=O)(=O)Cc1c(C(=O)O)cnn1C. The molecule has 0 saturated heterocycles. The first-order valence-corrected chi connectivity index (χ1v) is 7.34. The minimum Gasteiger partial charge on any atom is -0.478 e. The molecule has 1 aromatic rings. The van der Waals surface area contributed by atoms with Crippen molar-refractivity contribution in [2.75, 3.05) is 0 Å². The molecule has 1 atom stereocenters. The van der Waals surface area contributed by atoms with Gasteiger partial charge in [0.25, 0.3) is 0 Å². The maximum Gasteiger partial charge on any atom is 0.339 e. The zero-order valence-electron chi connectivity index (χ0n) is 10.9. The Hall–Kier alpha value is -1.37. The number of hydrogen-bond acceptors (Lipinski definition) is 4. The van der Waals surface area contributed by atoms with E-state index in [4.69, 9.17) is 5.11 Å². The lowest BCUT2D eigenvalue weighted by molar-refractivity contribution is 0.0696. The predicted octanol–water partition coefficient (Wildman–Crippen LogP) is 1.08. The molecular formula is C11H18N2O4S. The number of aromatic nitrogens is 2. The molecule has 0 amide bonds. The van der Waals surface area contributed by atoms with E-state index in [0.29, 0.717) is 0 Å². The van der Waals surface area contributed by atoms with Gasteiger partial charge in [-0.05, 0) is 12.8 Å². The van der Waals surface area contributed by atoms with E-state index in [1.54, 1.807) is 6.92 Å². The van der Waals surface area contributed by atoms with Crippen molar-refractivity contribution < 1.29 is 18.3 Å². The van der Waals surface area contributed by atoms with Gasteiger partial charge < -0.3 is 5.11 Å². The molecule has 0 aromatic carbocycles. The van der Waals surface area contributed by atoms with Gasteiger partial charge in [-0.3, -0.25) is 4.68 Å². The molecule has 1 rings (SSSR count). The van der Waals surface area contributed by atoms with Crippen LogP contribution in [0, 0.1) is 5.92 Å². The van der Waals surface area contributed by atoms with Crippen LogP contribution in [0.5, 0.6) is 0 Å². The van der Waals surface area contributed by atoms with E-state index in [9.17, 15) is 13.2 Å². The van der Waals surface area contributed by atoms with Crippen LogP contribution < -0.4 is 0 Å². The van der Waals surface area contributed by atoms with E-state index in [-0.39, 0.29) is 22.9 Å². The molecule has 0 saturated carbocycles. The fraction of sp³-hybridized carbons (Fsp3) is 0.636. The van der Waals surface area contributed by atoms with E-state index in [0.717, 1.165) is 0 Å². The van der Waals surface area contributed by atoms with Gasteiger partial charge >= 0.3 is 5.97 Å². The lowest BCUT2D eigenvalue weighted by atomic mass is 10.2. The van der Waals surface area contributed by atoms with Gasteiger partial charge in [0.1, 0.15) is 5.56 Å². The number of hydrogen-bond donors (Lipinski definition) is 1. The van der Waals surface area contributed by atoms with Crippen LogP contribution in [0.1, 0.15) is 36.8 Å². The van der Waals surface area contributed by atoms with Crippen LogP contribution in [0.25, 0.3) is 0 Å². The second-order valence-electron chi connectivity index (χ2n) is 4.69. The number of carboxylic acid groups (broad SMARTS) is 1. The highest BCUT2D eigenvalue weighted by Gasteiger charge is 2.28. The minimum atomic E-state index is -3.39. The summed E-state index contributed by atoms with van der Waals surface area (Å²) >= 11 is 0. The summed E-state index contributed by atoms with van der Waals surface area (Å²) in [7, 11) is -1.85. The molecule has 1 N–H and O–H groups in total. The average molecular weight is 274 g/mol. The van der Waals surface area contributed by atoms with E-state index < -0.39 is 21.1 Å². The van der Waals surface area contributed by atoms with Crippen LogP contribution in [-0.2, 0) is 22.6 Å². The number of aromatic carboxylic acids is 1. The highest BCUT2D eigenvalue weighted by atomic mass is 32.2. The van der Waals surface area contributed by atoms with Gasteiger partial charge in [-0.1, -0.05) is 13.8 Å². The summed E-state index contributed by atoms with van der Waals surface area (Å²) in [5.74, 6) is -1.48. The summed E-state index contributed by atoms with van der Waals surface area (Å²) < 4.78 is 25.6. The molecule has 102 valence electrons. The van der Waals surface area contributed by atoms with Gasteiger partial charge in [-0.15, -0.1) is 0 Å². The number of carboxylic acids is 1. The highest BCUT2D eigenvalue weighted by molar-refractivity contribution is 7.91. The Labute approximate surface area is 107 Å². The van der Waals surface area contributed by atoms with Gasteiger partial charge in [0, 0.05) is 7.05 Å². The molecule has 1 aromatic heterocycles. The van der Waals surface area contributed by atoms with Crippen LogP contribution >= 0.6 is 0 Å². The third-order valence-electron chi connectivity index (χ3n) is 3.14. The molecule has 0 aliphatic rings. The Kier molecular flexibility index (Phi) is 4.16. The third kappa shape index (κ3) is 2.90. The maximum atomic E-state index is 12.1. The second kappa shape index (κ2) is 5.09. The summed E-state index contributed by atoms with van der Waals surface area (Å²) in [4.78, 5) is 11.0. The van der Waals surface area contributed by atoms with Gasteiger partial charge in [-0.25, -0.2) is 13.2 Å². The van der Waals surface area contributed by atoms with E-state index in [1.165, 1.54) is 17.9 Å². The quantitative estimate of drug-likeness (QED) is 0.867. The summed E-state index contributed by atoms with van der Waals surface area (Å²) in [6.45, 7) is 5.28. The van der Waals surface area contributed by atoms with Crippen molar-refractivity contribution in [3.05, 3.63) is 17.5 Å². The third-order valence-corrected chi connectivity index (χ3v) is 5.49. The fourth-order valence-corrected chi connectivity index (χ4v) is 3.37. The molecule has 1 heterocycles. The largest absolute Gasteiger partial charge is 0.478 e. The van der Waals surface area contributed by atoms with Crippen molar-refractivity contribution in [3.8, 4) is 0 Å². The van der Waals surface area contributed by atoms with Crippen LogP contribution in [0.2, 0.25) is 0 Å². The first-order chi connectivity index (χ1) is 8.16. The van der Waals surface area contributed by atoms with Gasteiger partial charge in [0.05, 0.1) is 22.9 Å². The van der Waals surface area contributed by atoms with Crippen molar-refractivity contribution in [2.45, 2.75) is 31.8 Å². The molecular weight excluding hydrogens is 256 g/mol. The molecule has 1 unspecified atom stereocenters. The lowest BCUT2D eigenvalue weighted by Crippen LogP contribution is -2.26. The summed E-state index contributed by atoms with van der Waals surface area (Å²) in [6.07, 6.45) is 1.17. The highest BCUT2D eigenvalue weighted by Crippen LogP contribution is 2.19. The van der Waals surface area contributed by atoms with Crippen molar-refractivity contribution in [1.29, 1.82) is 0 Å². The number of nitrogens with zero attached hydrogens (tertiary/aromatic N) is 2.